The first-order valence-electron chi connectivity index (χ1n) is 9.27. The van der Waals surface area contributed by atoms with Gasteiger partial charge in [0.25, 0.3) is 0 Å². The molecule has 0 fully saturated rings. The minimum absolute atomic E-state index is 0.0468. The molecule has 1 aromatic carbocycles. The van der Waals surface area contributed by atoms with Gasteiger partial charge >= 0.3 is 0 Å². The number of aryl methyl sites for hydroxylation is 1. The molecule has 0 aliphatic heterocycles. The molecule has 3 N–H and O–H groups in total. The smallest absolute Gasteiger partial charge is 0.214 e. The Morgan fingerprint density at radius 1 is 1.28 bits per heavy atom. The van der Waals surface area contributed by atoms with Gasteiger partial charge in [-0.05, 0) is 13.8 Å². The summed E-state index contributed by atoms with van der Waals surface area (Å²) in [5, 5.41) is 9.43. The summed E-state index contributed by atoms with van der Waals surface area (Å²) < 4.78 is 0. The summed E-state index contributed by atoms with van der Waals surface area (Å²) >= 11 is 1.47. The van der Waals surface area contributed by atoms with Gasteiger partial charge in [-0.2, -0.15) is 0 Å². The third-order valence-electron chi connectivity index (χ3n) is 4.36. The molecule has 0 spiro atoms. The van der Waals surface area contributed by atoms with Crippen molar-refractivity contribution in [1.82, 2.24) is 14.9 Å². The second-order valence-corrected chi connectivity index (χ2v) is 7.62. The fourth-order valence-electron chi connectivity index (χ4n) is 2.71. The van der Waals surface area contributed by atoms with Gasteiger partial charge in [-0.25, -0.2) is 9.97 Å². The van der Waals surface area contributed by atoms with Crippen molar-refractivity contribution >= 4 is 29.8 Å². The maximum Gasteiger partial charge on any atom is 0.214 e. The van der Waals surface area contributed by atoms with Crippen LogP contribution in [0.1, 0.15) is 41.5 Å². The van der Waals surface area contributed by atoms with Crippen LogP contribution in [-0.4, -0.2) is 44.5 Å². The highest BCUT2D eigenvalue weighted by atomic mass is 32.2. The molecule has 0 radical (unpaired) electrons. The van der Waals surface area contributed by atoms with E-state index in [1.807, 2.05) is 25.1 Å². The van der Waals surface area contributed by atoms with Crippen molar-refractivity contribution in [1.29, 1.82) is 0 Å². The number of amides is 1. The summed E-state index contributed by atoms with van der Waals surface area (Å²) in [6, 6.07) is 9.14. The number of Topliss-reactive ketones (excluding diaryl/α,β-unsaturated/α-hetero) is 1. The largest absolute Gasteiger partial charge is 0.396 e. The summed E-state index contributed by atoms with van der Waals surface area (Å²) in [5.74, 6) is 1.52. The van der Waals surface area contributed by atoms with Crippen molar-refractivity contribution in [3.05, 3.63) is 64.1 Å². The minimum Gasteiger partial charge on any atom is -0.396 e. The van der Waals surface area contributed by atoms with Crippen LogP contribution >= 0.6 is 11.8 Å². The maximum atomic E-state index is 12.3. The fraction of sp³-hybridized carbons (Fsp3) is 0.333. The zero-order chi connectivity index (χ0) is 21.2. The monoisotopic (exact) mass is 414 g/mol. The van der Waals surface area contributed by atoms with Crippen LogP contribution in [-0.2, 0) is 11.3 Å². The molecular weight excluding hydrogens is 388 g/mol. The van der Waals surface area contributed by atoms with Crippen LogP contribution in [0.4, 0.5) is 5.82 Å². The highest BCUT2D eigenvalue weighted by Gasteiger charge is 2.15. The summed E-state index contributed by atoms with van der Waals surface area (Å²) in [6.45, 7) is 3.75. The van der Waals surface area contributed by atoms with Gasteiger partial charge in [-0.3, -0.25) is 9.59 Å². The molecule has 0 atom stereocenters. The zero-order valence-corrected chi connectivity index (χ0v) is 17.5. The van der Waals surface area contributed by atoms with Gasteiger partial charge in [-0.15, -0.1) is 11.8 Å². The molecule has 0 saturated carbocycles. The highest BCUT2D eigenvalue weighted by Crippen LogP contribution is 2.27. The molecule has 0 aliphatic carbocycles. The quantitative estimate of drug-likeness (QED) is 0.430. The van der Waals surface area contributed by atoms with Gasteiger partial charge in [0, 0.05) is 53.1 Å². The lowest BCUT2D eigenvalue weighted by Crippen LogP contribution is -2.22. The molecule has 8 heteroatoms. The number of nitrogen functional groups attached to an aromatic ring is 1. The van der Waals surface area contributed by atoms with E-state index in [4.69, 9.17) is 5.73 Å². The molecule has 2 aromatic rings. The van der Waals surface area contributed by atoms with Crippen LogP contribution < -0.4 is 5.73 Å². The van der Waals surface area contributed by atoms with Crippen LogP contribution in [0.15, 0.2) is 47.1 Å². The molecule has 0 bridgehead atoms. The van der Waals surface area contributed by atoms with Crippen molar-refractivity contribution in [3.63, 3.8) is 0 Å². The predicted octanol–water partition coefficient (Wildman–Crippen LogP) is 2.95. The molecule has 154 valence electrons. The van der Waals surface area contributed by atoms with Gasteiger partial charge in [0.05, 0.1) is 6.54 Å². The number of hydrogen-bond acceptors (Lipinski definition) is 7. The standard InChI is InChI=1S/C21H26N4O3S/c1-15(25(14-27)13-18-12-23-16(2)24-21(18)22)20(8-10-26)29-11-9-19(28)17-6-4-3-5-7-17/h3-7,12,14,26H,8-11,13H2,1-2H3,(H2,22,23,24)/b20-15-. The van der Waals surface area contributed by atoms with Crippen molar-refractivity contribution in [2.45, 2.75) is 33.2 Å². The molecule has 0 saturated heterocycles. The number of aliphatic hydroxyl groups is 1. The number of thioether (sulfide) groups is 1. The number of rotatable bonds is 11. The number of allylic oxidation sites excluding steroid dienone is 1. The van der Waals surface area contributed by atoms with Crippen molar-refractivity contribution in [2.24, 2.45) is 0 Å². The first-order chi connectivity index (χ1) is 14.0. The number of hydrogen-bond donors (Lipinski definition) is 2. The normalized spacial score (nSPS) is 11.7. The van der Waals surface area contributed by atoms with E-state index in [1.54, 1.807) is 25.3 Å². The predicted molar refractivity (Wildman–Crippen MR) is 115 cm³/mol. The topological polar surface area (TPSA) is 109 Å². The van der Waals surface area contributed by atoms with E-state index in [2.05, 4.69) is 9.97 Å². The van der Waals surface area contributed by atoms with Crippen molar-refractivity contribution in [2.75, 3.05) is 18.1 Å². The SMILES string of the molecule is C/C(=C(\CCO)SCCC(=O)c1ccccc1)N(C=O)Cc1cnc(C)nc1N. The van der Waals surface area contributed by atoms with Crippen LogP contribution in [0.25, 0.3) is 0 Å². The highest BCUT2D eigenvalue weighted by molar-refractivity contribution is 8.03. The number of nitrogens with two attached hydrogens (primary N) is 1. The Labute approximate surface area is 175 Å². The number of aromatic nitrogens is 2. The Kier molecular flexibility index (Phi) is 8.82. The Bertz CT molecular complexity index is 871. The summed E-state index contributed by atoms with van der Waals surface area (Å²) in [4.78, 5) is 34.6. The second-order valence-electron chi connectivity index (χ2n) is 6.43. The van der Waals surface area contributed by atoms with Gasteiger partial charge in [0.15, 0.2) is 5.78 Å². The molecule has 7 nitrogen and oxygen atoms in total. The summed E-state index contributed by atoms with van der Waals surface area (Å²) in [7, 11) is 0. The van der Waals surface area contributed by atoms with Gasteiger partial charge in [0.2, 0.25) is 6.41 Å². The lowest BCUT2D eigenvalue weighted by Gasteiger charge is -2.22. The molecular formula is C21H26N4O3S. The third kappa shape index (κ3) is 6.69. The molecule has 2 rings (SSSR count). The summed E-state index contributed by atoms with van der Waals surface area (Å²) in [5.41, 5.74) is 7.98. The average molecular weight is 415 g/mol. The average Bonchev–Trinajstić information content (AvgIpc) is 2.72. The van der Waals surface area contributed by atoms with E-state index in [-0.39, 0.29) is 18.9 Å². The van der Waals surface area contributed by atoms with Gasteiger partial charge < -0.3 is 15.7 Å². The van der Waals surface area contributed by atoms with Crippen molar-refractivity contribution in [3.8, 4) is 0 Å². The number of benzene rings is 1. The first kappa shape index (κ1) is 22.6. The molecule has 1 aromatic heterocycles. The van der Waals surface area contributed by atoms with Crippen LogP contribution in [0.2, 0.25) is 0 Å². The lowest BCUT2D eigenvalue weighted by molar-refractivity contribution is -0.116. The molecule has 1 heterocycles. The Hall–Kier alpha value is -2.71. The third-order valence-corrected chi connectivity index (χ3v) is 5.62. The molecule has 0 aliphatic rings. The first-order valence-corrected chi connectivity index (χ1v) is 10.3. The van der Waals surface area contributed by atoms with E-state index in [9.17, 15) is 14.7 Å². The number of anilines is 1. The van der Waals surface area contributed by atoms with Gasteiger partial charge in [-0.1, -0.05) is 30.3 Å². The van der Waals surface area contributed by atoms with E-state index in [0.29, 0.717) is 47.1 Å². The Balaban J connectivity index is 2.07. The maximum absolute atomic E-state index is 12.3. The number of aliphatic hydroxyl groups excluding tert-OH is 1. The molecule has 29 heavy (non-hydrogen) atoms. The van der Waals surface area contributed by atoms with Crippen molar-refractivity contribution < 1.29 is 14.7 Å². The minimum atomic E-state index is -0.0468. The number of carbonyl (C=O) groups is 2. The summed E-state index contributed by atoms with van der Waals surface area (Å²) in [6.07, 6.45) is 3.11. The fourth-order valence-corrected chi connectivity index (χ4v) is 3.80. The van der Waals surface area contributed by atoms with Crippen LogP contribution in [0.3, 0.4) is 0 Å². The lowest BCUT2D eigenvalue weighted by atomic mass is 10.1. The van der Waals surface area contributed by atoms with E-state index in [0.717, 1.165) is 11.3 Å². The Morgan fingerprint density at radius 3 is 2.62 bits per heavy atom. The van der Waals surface area contributed by atoms with E-state index < -0.39 is 0 Å². The van der Waals surface area contributed by atoms with Gasteiger partial charge in [0.1, 0.15) is 11.6 Å². The Morgan fingerprint density at radius 2 is 2.00 bits per heavy atom. The van der Waals surface area contributed by atoms with Crippen LogP contribution in [0.5, 0.6) is 0 Å². The number of ketones is 1. The molecule has 0 unspecified atom stereocenters. The second kappa shape index (κ2) is 11.3. The zero-order valence-electron chi connectivity index (χ0n) is 16.7. The number of nitrogens with zero attached hydrogens (tertiary/aromatic N) is 3. The number of carbonyl (C=O) groups excluding carboxylic acids is 2. The van der Waals surface area contributed by atoms with E-state index >= 15 is 0 Å². The van der Waals surface area contributed by atoms with E-state index in [1.165, 1.54) is 16.7 Å². The molecule has 1 amide bonds. The van der Waals surface area contributed by atoms with Crippen LogP contribution in [0, 0.1) is 6.92 Å².